The van der Waals surface area contributed by atoms with Crippen LogP contribution in [0.1, 0.15) is 28.8 Å². The number of nitrogens with one attached hydrogen (secondary N) is 1. The molecule has 1 aromatic rings. The standard InChI is InChI=1S/C14H19NO3/c1-10-3-4-12(9-13(10)14(16)17-2)15-11-5-7-18-8-6-11/h3-4,9,11,15H,5-8H2,1-2H3. The molecule has 0 bridgehead atoms. The molecule has 1 N–H and O–H groups in total. The Morgan fingerprint density at radius 1 is 1.39 bits per heavy atom. The quantitative estimate of drug-likeness (QED) is 0.835. The molecule has 98 valence electrons. The maximum absolute atomic E-state index is 11.6. The van der Waals surface area contributed by atoms with Crippen LogP contribution in [0.3, 0.4) is 0 Å². The average molecular weight is 249 g/mol. The van der Waals surface area contributed by atoms with Gasteiger partial charge >= 0.3 is 5.97 Å². The molecule has 18 heavy (non-hydrogen) atoms. The van der Waals surface area contributed by atoms with Crippen molar-refractivity contribution in [1.82, 2.24) is 0 Å². The van der Waals surface area contributed by atoms with Crippen LogP contribution in [0.5, 0.6) is 0 Å². The minimum atomic E-state index is -0.289. The van der Waals surface area contributed by atoms with E-state index in [1.807, 2.05) is 25.1 Å². The summed E-state index contributed by atoms with van der Waals surface area (Å²) in [6.45, 7) is 3.51. The van der Waals surface area contributed by atoms with Crippen molar-refractivity contribution in [3.8, 4) is 0 Å². The zero-order valence-electron chi connectivity index (χ0n) is 10.9. The van der Waals surface area contributed by atoms with Crippen molar-refractivity contribution in [3.63, 3.8) is 0 Å². The SMILES string of the molecule is COC(=O)c1cc(NC2CCOCC2)ccc1C. The summed E-state index contributed by atoms with van der Waals surface area (Å²) in [5.74, 6) is -0.289. The average Bonchev–Trinajstić information content (AvgIpc) is 2.41. The second-order valence-corrected chi connectivity index (χ2v) is 4.55. The van der Waals surface area contributed by atoms with Gasteiger partial charge in [0.1, 0.15) is 0 Å². The third kappa shape index (κ3) is 3.01. The molecule has 0 aromatic heterocycles. The number of carbonyl (C=O) groups excluding carboxylic acids is 1. The maximum atomic E-state index is 11.6. The third-order valence-corrected chi connectivity index (χ3v) is 3.23. The minimum absolute atomic E-state index is 0.289. The van der Waals surface area contributed by atoms with E-state index in [0.717, 1.165) is 37.3 Å². The van der Waals surface area contributed by atoms with E-state index in [1.54, 1.807) is 0 Å². The number of anilines is 1. The van der Waals surface area contributed by atoms with E-state index >= 15 is 0 Å². The van der Waals surface area contributed by atoms with Gasteiger partial charge in [0, 0.05) is 24.9 Å². The summed E-state index contributed by atoms with van der Waals surface area (Å²) in [4.78, 5) is 11.6. The number of benzene rings is 1. The van der Waals surface area contributed by atoms with E-state index in [9.17, 15) is 4.79 Å². The molecule has 0 spiro atoms. The van der Waals surface area contributed by atoms with Crippen LogP contribution < -0.4 is 5.32 Å². The lowest BCUT2D eigenvalue weighted by Gasteiger charge is -2.24. The van der Waals surface area contributed by atoms with Gasteiger partial charge in [0.15, 0.2) is 0 Å². The first-order valence-electron chi connectivity index (χ1n) is 6.24. The molecular formula is C14H19NO3. The van der Waals surface area contributed by atoms with Crippen LogP contribution >= 0.6 is 0 Å². The van der Waals surface area contributed by atoms with E-state index in [-0.39, 0.29) is 5.97 Å². The van der Waals surface area contributed by atoms with Gasteiger partial charge in [0.2, 0.25) is 0 Å². The topological polar surface area (TPSA) is 47.6 Å². The fourth-order valence-corrected chi connectivity index (χ4v) is 2.12. The molecule has 0 radical (unpaired) electrons. The van der Waals surface area contributed by atoms with Crippen molar-refractivity contribution < 1.29 is 14.3 Å². The highest BCUT2D eigenvalue weighted by Gasteiger charge is 2.15. The Balaban J connectivity index is 2.11. The molecule has 2 rings (SSSR count). The van der Waals surface area contributed by atoms with Crippen molar-refractivity contribution in [2.45, 2.75) is 25.8 Å². The highest BCUT2D eigenvalue weighted by atomic mass is 16.5. The number of carbonyl (C=O) groups is 1. The van der Waals surface area contributed by atoms with Crippen LogP contribution in [0.15, 0.2) is 18.2 Å². The molecule has 0 amide bonds. The molecule has 0 unspecified atom stereocenters. The van der Waals surface area contributed by atoms with Crippen LogP contribution in [0.25, 0.3) is 0 Å². The lowest BCUT2D eigenvalue weighted by Crippen LogP contribution is -2.27. The lowest BCUT2D eigenvalue weighted by atomic mass is 10.1. The largest absolute Gasteiger partial charge is 0.465 e. The fraction of sp³-hybridized carbons (Fsp3) is 0.500. The number of ether oxygens (including phenoxy) is 2. The second kappa shape index (κ2) is 5.87. The monoisotopic (exact) mass is 249 g/mol. The zero-order valence-corrected chi connectivity index (χ0v) is 10.9. The Hall–Kier alpha value is -1.55. The fourth-order valence-electron chi connectivity index (χ4n) is 2.12. The van der Waals surface area contributed by atoms with E-state index in [2.05, 4.69) is 5.32 Å². The number of aryl methyl sites for hydroxylation is 1. The number of hydrogen-bond donors (Lipinski definition) is 1. The smallest absolute Gasteiger partial charge is 0.338 e. The van der Waals surface area contributed by atoms with E-state index in [4.69, 9.17) is 9.47 Å². The van der Waals surface area contributed by atoms with Crippen molar-refractivity contribution in [2.75, 3.05) is 25.6 Å². The molecule has 1 aliphatic heterocycles. The molecule has 0 aliphatic carbocycles. The predicted molar refractivity (Wildman–Crippen MR) is 70.0 cm³/mol. The number of hydrogen-bond acceptors (Lipinski definition) is 4. The van der Waals surface area contributed by atoms with Crippen molar-refractivity contribution in [3.05, 3.63) is 29.3 Å². The van der Waals surface area contributed by atoms with Crippen LogP contribution in [-0.2, 0) is 9.47 Å². The van der Waals surface area contributed by atoms with Crippen LogP contribution in [0.2, 0.25) is 0 Å². The summed E-state index contributed by atoms with van der Waals surface area (Å²) in [5.41, 5.74) is 2.52. The van der Waals surface area contributed by atoms with Crippen molar-refractivity contribution >= 4 is 11.7 Å². The summed E-state index contributed by atoms with van der Waals surface area (Å²) in [5, 5.41) is 3.44. The summed E-state index contributed by atoms with van der Waals surface area (Å²) in [7, 11) is 1.40. The van der Waals surface area contributed by atoms with Gasteiger partial charge in [0.05, 0.1) is 12.7 Å². The van der Waals surface area contributed by atoms with E-state index < -0.39 is 0 Å². The Morgan fingerprint density at radius 2 is 2.11 bits per heavy atom. The molecule has 1 saturated heterocycles. The second-order valence-electron chi connectivity index (χ2n) is 4.55. The summed E-state index contributed by atoms with van der Waals surface area (Å²) in [6, 6.07) is 6.22. The first kappa shape index (κ1) is 12.9. The minimum Gasteiger partial charge on any atom is -0.465 e. The van der Waals surface area contributed by atoms with Gasteiger partial charge in [-0.3, -0.25) is 0 Å². The van der Waals surface area contributed by atoms with Gasteiger partial charge in [-0.05, 0) is 37.5 Å². The molecular weight excluding hydrogens is 230 g/mol. The zero-order chi connectivity index (χ0) is 13.0. The highest BCUT2D eigenvalue weighted by molar-refractivity contribution is 5.92. The van der Waals surface area contributed by atoms with Gasteiger partial charge < -0.3 is 14.8 Å². The molecule has 1 aliphatic rings. The van der Waals surface area contributed by atoms with Crippen LogP contribution in [-0.4, -0.2) is 32.3 Å². The highest BCUT2D eigenvalue weighted by Crippen LogP contribution is 2.19. The molecule has 4 nitrogen and oxygen atoms in total. The first-order valence-corrected chi connectivity index (χ1v) is 6.24. The molecule has 1 aromatic carbocycles. The number of rotatable bonds is 3. The Kier molecular flexibility index (Phi) is 4.20. The Labute approximate surface area is 107 Å². The number of methoxy groups -OCH3 is 1. The van der Waals surface area contributed by atoms with Crippen LogP contribution in [0, 0.1) is 6.92 Å². The van der Waals surface area contributed by atoms with Gasteiger partial charge in [-0.15, -0.1) is 0 Å². The van der Waals surface area contributed by atoms with E-state index in [0.29, 0.717) is 11.6 Å². The Bertz CT molecular complexity index is 425. The molecule has 1 fully saturated rings. The summed E-state index contributed by atoms with van der Waals surface area (Å²) >= 11 is 0. The molecule has 4 heteroatoms. The molecule has 0 saturated carbocycles. The van der Waals surface area contributed by atoms with E-state index in [1.165, 1.54) is 7.11 Å². The van der Waals surface area contributed by atoms with Gasteiger partial charge in [0.25, 0.3) is 0 Å². The predicted octanol–water partition coefficient (Wildman–Crippen LogP) is 2.37. The first-order chi connectivity index (χ1) is 8.70. The summed E-state index contributed by atoms with van der Waals surface area (Å²) < 4.78 is 10.1. The molecule has 1 heterocycles. The van der Waals surface area contributed by atoms with Crippen molar-refractivity contribution in [1.29, 1.82) is 0 Å². The normalized spacial score (nSPS) is 16.3. The lowest BCUT2D eigenvalue weighted by molar-refractivity contribution is 0.0600. The number of esters is 1. The van der Waals surface area contributed by atoms with Crippen LogP contribution in [0.4, 0.5) is 5.69 Å². The maximum Gasteiger partial charge on any atom is 0.338 e. The Morgan fingerprint density at radius 3 is 2.78 bits per heavy atom. The summed E-state index contributed by atoms with van der Waals surface area (Å²) in [6.07, 6.45) is 2.00. The van der Waals surface area contributed by atoms with Gasteiger partial charge in [-0.1, -0.05) is 6.07 Å². The van der Waals surface area contributed by atoms with Crippen molar-refractivity contribution in [2.24, 2.45) is 0 Å². The van der Waals surface area contributed by atoms with Gasteiger partial charge in [-0.25, -0.2) is 4.79 Å². The third-order valence-electron chi connectivity index (χ3n) is 3.23. The van der Waals surface area contributed by atoms with Gasteiger partial charge in [-0.2, -0.15) is 0 Å². The molecule has 0 atom stereocenters.